The highest BCUT2D eigenvalue weighted by atomic mass is 32.2. The molecule has 150 valence electrons. The first-order chi connectivity index (χ1) is 13.3. The van der Waals surface area contributed by atoms with Gasteiger partial charge in [0, 0.05) is 18.7 Å². The average Bonchev–Trinajstić information content (AvgIpc) is 3.20. The Labute approximate surface area is 168 Å². The lowest BCUT2D eigenvalue weighted by Crippen LogP contribution is -2.42. The van der Waals surface area contributed by atoms with Crippen molar-refractivity contribution in [3.8, 4) is 0 Å². The molecule has 1 aliphatic heterocycles. The number of amides is 2. The van der Waals surface area contributed by atoms with Crippen molar-refractivity contribution in [1.82, 2.24) is 15.2 Å². The van der Waals surface area contributed by atoms with Gasteiger partial charge in [-0.3, -0.25) is 20.4 Å². The highest BCUT2D eigenvalue weighted by Gasteiger charge is 2.31. The van der Waals surface area contributed by atoms with Crippen LogP contribution in [0.5, 0.6) is 0 Å². The van der Waals surface area contributed by atoms with Crippen molar-refractivity contribution in [2.75, 3.05) is 13.1 Å². The predicted octanol–water partition coefficient (Wildman–Crippen LogP) is 2.49. The number of benzene rings is 1. The molecule has 2 aromatic rings. The van der Waals surface area contributed by atoms with E-state index in [1.54, 1.807) is 17.5 Å². The van der Waals surface area contributed by atoms with Gasteiger partial charge in [0.15, 0.2) is 0 Å². The molecule has 1 aliphatic rings. The molecular weight excluding hydrogens is 398 g/mol. The molecule has 1 saturated heterocycles. The summed E-state index contributed by atoms with van der Waals surface area (Å²) in [6.45, 7) is 5.11. The van der Waals surface area contributed by atoms with Crippen LogP contribution in [-0.4, -0.2) is 37.6 Å². The minimum atomic E-state index is -3.59. The molecule has 0 spiro atoms. The molecule has 9 heteroatoms. The Morgan fingerprint density at radius 3 is 2.18 bits per heavy atom. The quantitative estimate of drug-likeness (QED) is 0.742. The molecule has 0 bridgehead atoms. The summed E-state index contributed by atoms with van der Waals surface area (Å²) in [4.78, 5) is 24.7. The normalized spacial score (nSPS) is 20.5. The third kappa shape index (κ3) is 4.60. The lowest BCUT2D eigenvalue weighted by atomic mass is 9.94. The Morgan fingerprint density at radius 1 is 1.00 bits per heavy atom. The van der Waals surface area contributed by atoms with Gasteiger partial charge in [0.1, 0.15) is 0 Å². The van der Waals surface area contributed by atoms with Crippen LogP contribution in [0.2, 0.25) is 0 Å². The lowest BCUT2D eigenvalue weighted by Gasteiger charge is -2.34. The maximum Gasteiger partial charge on any atom is 0.279 e. The monoisotopic (exact) mass is 421 g/mol. The summed E-state index contributed by atoms with van der Waals surface area (Å²) in [7, 11) is -3.59. The van der Waals surface area contributed by atoms with Gasteiger partial charge in [-0.15, -0.1) is 11.3 Å². The predicted molar refractivity (Wildman–Crippen MR) is 107 cm³/mol. The summed E-state index contributed by atoms with van der Waals surface area (Å²) in [5, 5.41) is 1.76. The van der Waals surface area contributed by atoms with Crippen molar-refractivity contribution < 1.29 is 18.0 Å². The lowest BCUT2D eigenvalue weighted by molar-refractivity contribution is 0.0849. The van der Waals surface area contributed by atoms with Crippen molar-refractivity contribution in [1.29, 1.82) is 0 Å². The van der Waals surface area contributed by atoms with Crippen molar-refractivity contribution in [2.45, 2.75) is 25.2 Å². The van der Waals surface area contributed by atoms with Crippen molar-refractivity contribution >= 4 is 33.2 Å². The van der Waals surface area contributed by atoms with Crippen LogP contribution in [0.1, 0.15) is 40.3 Å². The second-order valence-electron chi connectivity index (χ2n) is 7.18. The van der Waals surface area contributed by atoms with E-state index in [0.29, 0.717) is 29.8 Å². The fourth-order valence-electron chi connectivity index (χ4n) is 3.38. The standard InChI is InChI=1S/C19H23N3O4S2/c1-13-10-14(2)12-22(11-13)28(25,26)16-7-5-15(6-8-16)18(23)20-21-19(24)17-4-3-9-27-17/h3-9,13-14H,10-12H2,1-2H3,(H,20,23)(H,21,24)/t13-,14-/m1/s1. The summed E-state index contributed by atoms with van der Waals surface area (Å²) >= 11 is 1.26. The number of nitrogens with zero attached hydrogens (tertiary/aromatic N) is 1. The number of hydrazine groups is 1. The summed E-state index contributed by atoms with van der Waals surface area (Å²) < 4.78 is 27.3. The van der Waals surface area contributed by atoms with Crippen LogP contribution in [-0.2, 0) is 10.0 Å². The molecule has 0 unspecified atom stereocenters. The highest BCUT2D eigenvalue weighted by Crippen LogP contribution is 2.26. The zero-order chi connectivity index (χ0) is 20.3. The second kappa shape index (κ2) is 8.42. The molecule has 1 aromatic heterocycles. The van der Waals surface area contributed by atoms with E-state index in [0.717, 1.165) is 6.42 Å². The zero-order valence-electron chi connectivity index (χ0n) is 15.7. The fraction of sp³-hybridized carbons (Fsp3) is 0.368. The molecule has 0 radical (unpaired) electrons. The molecule has 7 nitrogen and oxygen atoms in total. The van der Waals surface area contributed by atoms with Crippen LogP contribution in [0.3, 0.4) is 0 Å². The van der Waals surface area contributed by atoms with E-state index in [1.807, 2.05) is 0 Å². The summed E-state index contributed by atoms with van der Waals surface area (Å²) in [5.74, 6) is -0.295. The van der Waals surface area contributed by atoms with Crippen LogP contribution in [0, 0.1) is 11.8 Å². The van der Waals surface area contributed by atoms with Gasteiger partial charge >= 0.3 is 0 Å². The molecule has 2 atom stereocenters. The molecule has 0 saturated carbocycles. The van der Waals surface area contributed by atoms with Crippen molar-refractivity contribution in [3.63, 3.8) is 0 Å². The molecule has 28 heavy (non-hydrogen) atoms. The Hall–Kier alpha value is -2.23. The number of nitrogens with one attached hydrogen (secondary N) is 2. The van der Waals surface area contributed by atoms with Gasteiger partial charge < -0.3 is 0 Å². The molecule has 1 aromatic carbocycles. The number of carbonyl (C=O) groups is 2. The van der Waals surface area contributed by atoms with Gasteiger partial charge in [-0.1, -0.05) is 19.9 Å². The van der Waals surface area contributed by atoms with E-state index in [-0.39, 0.29) is 10.5 Å². The summed E-state index contributed by atoms with van der Waals surface area (Å²) in [5.41, 5.74) is 4.92. The molecule has 1 fully saturated rings. The topological polar surface area (TPSA) is 95.6 Å². The minimum absolute atomic E-state index is 0.160. The van der Waals surface area contributed by atoms with Crippen LogP contribution < -0.4 is 10.9 Å². The fourth-order valence-corrected chi connectivity index (χ4v) is 5.68. The van der Waals surface area contributed by atoms with E-state index in [2.05, 4.69) is 24.7 Å². The highest BCUT2D eigenvalue weighted by molar-refractivity contribution is 7.89. The second-order valence-corrected chi connectivity index (χ2v) is 10.1. The Bertz CT molecular complexity index is 930. The number of hydrogen-bond acceptors (Lipinski definition) is 5. The van der Waals surface area contributed by atoms with E-state index in [1.165, 1.54) is 39.9 Å². The number of piperidine rings is 1. The summed E-state index contributed by atoms with van der Waals surface area (Å²) in [6.07, 6.45) is 1.02. The third-order valence-electron chi connectivity index (χ3n) is 4.62. The van der Waals surface area contributed by atoms with E-state index in [4.69, 9.17) is 0 Å². The van der Waals surface area contributed by atoms with Gasteiger partial charge in [-0.25, -0.2) is 8.42 Å². The number of rotatable bonds is 4. The Morgan fingerprint density at radius 2 is 1.61 bits per heavy atom. The number of thiophene rings is 1. The number of hydrogen-bond donors (Lipinski definition) is 2. The third-order valence-corrected chi connectivity index (χ3v) is 7.34. The van der Waals surface area contributed by atoms with E-state index in [9.17, 15) is 18.0 Å². The first-order valence-corrected chi connectivity index (χ1v) is 11.3. The molecule has 3 rings (SSSR count). The Balaban J connectivity index is 1.65. The number of sulfonamides is 1. The zero-order valence-corrected chi connectivity index (χ0v) is 17.3. The van der Waals surface area contributed by atoms with Crippen molar-refractivity contribution in [2.24, 2.45) is 11.8 Å². The largest absolute Gasteiger partial charge is 0.279 e. The molecule has 2 N–H and O–H groups in total. The first kappa shape index (κ1) is 20.5. The first-order valence-electron chi connectivity index (χ1n) is 9.01. The van der Waals surface area contributed by atoms with E-state index < -0.39 is 21.8 Å². The number of carbonyl (C=O) groups excluding carboxylic acids is 2. The van der Waals surface area contributed by atoms with Crippen LogP contribution in [0.25, 0.3) is 0 Å². The SMILES string of the molecule is C[C@@H]1C[C@@H](C)CN(S(=O)(=O)c2ccc(C(=O)NNC(=O)c3cccs3)cc2)C1. The van der Waals surface area contributed by atoms with Crippen LogP contribution >= 0.6 is 11.3 Å². The average molecular weight is 422 g/mol. The summed E-state index contributed by atoms with van der Waals surface area (Å²) in [6, 6.07) is 9.12. The molecular formula is C19H23N3O4S2. The maximum absolute atomic E-state index is 12.9. The Kier molecular flexibility index (Phi) is 6.17. The van der Waals surface area contributed by atoms with Gasteiger partial charge in [0.05, 0.1) is 9.77 Å². The van der Waals surface area contributed by atoms with Gasteiger partial charge in [-0.05, 0) is 54.0 Å². The van der Waals surface area contributed by atoms with Crippen LogP contribution in [0.15, 0.2) is 46.7 Å². The van der Waals surface area contributed by atoms with Crippen LogP contribution in [0.4, 0.5) is 0 Å². The molecule has 2 amide bonds. The van der Waals surface area contributed by atoms with Gasteiger partial charge in [0.2, 0.25) is 10.0 Å². The molecule has 2 heterocycles. The van der Waals surface area contributed by atoms with Gasteiger partial charge in [0.25, 0.3) is 11.8 Å². The molecule has 0 aliphatic carbocycles. The van der Waals surface area contributed by atoms with E-state index >= 15 is 0 Å². The van der Waals surface area contributed by atoms with Gasteiger partial charge in [-0.2, -0.15) is 4.31 Å². The maximum atomic E-state index is 12.9. The van der Waals surface area contributed by atoms with Crippen molar-refractivity contribution in [3.05, 3.63) is 52.2 Å². The smallest absolute Gasteiger partial charge is 0.267 e. The minimum Gasteiger partial charge on any atom is -0.267 e.